The molecule has 1 aliphatic rings. The van der Waals surface area contributed by atoms with Crippen molar-refractivity contribution in [1.82, 2.24) is 9.80 Å². The second-order valence-corrected chi connectivity index (χ2v) is 7.15. The quantitative estimate of drug-likeness (QED) is 0.760. The van der Waals surface area contributed by atoms with Gasteiger partial charge in [-0.1, -0.05) is 12.1 Å². The molecule has 3 rings (SSSR count). The lowest BCUT2D eigenvalue weighted by Gasteiger charge is -2.34. The van der Waals surface area contributed by atoms with Crippen molar-refractivity contribution in [3.8, 4) is 5.75 Å². The van der Waals surface area contributed by atoms with Gasteiger partial charge in [-0.3, -0.25) is 9.69 Å². The molecule has 0 atom stereocenters. The van der Waals surface area contributed by atoms with Gasteiger partial charge in [-0.05, 0) is 53.4 Å². The molecule has 5 heteroatoms. The van der Waals surface area contributed by atoms with Crippen LogP contribution in [0.5, 0.6) is 5.75 Å². The predicted molar refractivity (Wildman–Crippen MR) is 102 cm³/mol. The van der Waals surface area contributed by atoms with E-state index in [-0.39, 0.29) is 5.91 Å². The summed E-state index contributed by atoms with van der Waals surface area (Å²) in [7, 11) is 0. The molecule has 1 saturated heterocycles. The van der Waals surface area contributed by atoms with Crippen molar-refractivity contribution in [2.24, 2.45) is 0 Å². The summed E-state index contributed by atoms with van der Waals surface area (Å²) in [5.74, 6) is 1.21. The minimum atomic E-state index is 0.284. The fraction of sp³-hybridized carbons (Fsp3) is 0.450. The second-order valence-electron chi connectivity index (χ2n) is 6.37. The molecule has 0 radical (unpaired) electrons. The Bertz CT molecular complexity index is 647. The highest BCUT2D eigenvalue weighted by molar-refractivity contribution is 7.07. The number of benzene rings is 1. The number of aryl methyl sites for hydroxylation is 1. The molecule has 1 fully saturated rings. The van der Waals surface area contributed by atoms with Crippen molar-refractivity contribution in [1.29, 1.82) is 0 Å². The number of nitrogens with zero attached hydrogens (tertiary/aromatic N) is 2. The molecule has 0 N–H and O–H groups in total. The topological polar surface area (TPSA) is 32.8 Å². The maximum atomic E-state index is 12.4. The Morgan fingerprint density at radius 1 is 1.08 bits per heavy atom. The average Bonchev–Trinajstić information content (AvgIpc) is 3.16. The zero-order valence-corrected chi connectivity index (χ0v) is 15.6. The van der Waals surface area contributed by atoms with E-state index in [0.717, 1.165) is 44.9 Å². The lowest BCUT2D eigenvalue weighted by atomic mass is 10.1. The van der Waals surface area contributed by atoms with Gasteiger partial charge in [-0.25, -0.2) is 0 Å². The number of hydrogen-bond donors (Lipinski definition) is 0. The fourth-order valence-electron chi connectivity index (χ4n) is 3.12. The summed E-state index contributed by atoms with van der Waals surface area (Å²) in [5, 5.41) is 4.20. The van der Waals surface area contributed by atoms with Crippen LogP contribution in [0.4, 0.5) is 0 Å². The van der Waals surface area contributed by atoms with E-state index in [1.54, 1.807) is 11.3 Å². The molecule has 0 saturated carbocycles. The minimum Gasteiger partial charge on any atom is -0.494 e. The molecule has 0 aliphatic carbocycles. The molecule has 2 heterocycles. The third kappa shape index (κ3) is 5.31. The van der Waals surface area contributed by atoms with Gasteiger partial charge in [0.2, 0.25) is 5.91 Å². The van der Waals surface area contributed by atoms with E-state index in [0.29, 0.717) is 13.0 Å². The van der Waals surface area contributed by atoms with E-state index in [1.807, 2.05) is 24.0 Å². The summed E-state index contributed by atoms with van der Waals surface area (Å²) < 4.78 is 5.48. The van der Waals surface area contributed by atoms with Gasteiger partial charge in [0.05, 0.1) is 6.61 Å². The van der Waals surface area contributed by atoms with Crippen molar-refractivity contribution >= 4 is 17.2 Å². The molecule has 4 nitrogen and oxygen atoms in total. The first-order chi connectivity index (χ1) is 12.2. The van der Waals surface area contributed by atoms with Crippen molar-refractivity contribution in [3.05, 3.63) is 52.2 Å². The maximum Gasteiger partial charge on any atom is 0.222 e. The minimum absolute atomic E-state index is 0.284. The second kappa shape index (κ2) is 9.02. The summed E-state index contributed by atoms with van der Waals surface area (Å²) in [5.41, 5.74) is 2.56. The fourth-order valence-corrected chi connectivity index (χ4v) is 3.82. The first-order valence-corrected chi connectivity index (χ1v) is 9.92. The third-order valence-corrected chi connectivity index (χ3v) is 5.31. The number of thiophene rings is 1. The Labute approximate surface area is 154 Å². The number of amides is 1. The van der Waals surface area contributed by atoms with Gasteiger partial charge in [0.15, 0.2) is 0 Å². The monoisotopic (exact) mass is 358 g/mol. The van der Waals surface area contributed by atoms with E-state index < -0.39 is 0 Å². The van der Waals surface area contributed by atoms with Crippen LogP contribution in [0.1, 0.15) is 24.5 Å². The zero-order valence-electron chi connectivity index (χ0n) is 14.8. The molecule has 25 heavy (non-hydrogen) atoms. The van der Waals surface area contributed by atoms with Gasteiger partial charge >= 0.3 is 0 Å². The molecule has 1 amide bonds. The molecule has 0 spiro atoms. The first-order valence-electron chi connectivity index (χ1n) is 8.97. The summed E-state index contributed by atoms with van der Waals surface area (Å²) >= 11 is 1.69. The number of ether oxygens (including phenoxy) is 1. The Balaban J connectivity index is 1.41. The summed E-state index contributed by atoms with van der Waals surface area (Å²) in [6.07, 6.45) is 1.48. The van der Waals surface area contributed by atoms with Crippen LogP contribution < -0.4 is 4.74 Å². The largest absolute Gasteiger partial charge is 0.494 e. The number of hydrogen-bond acceptors (Lipinski definition) is 4. The summed E-state index contributed by atoms with van der Waals surface area (Å²) in [4.78, 5) is 16.8. The van der Waals surface area contributed by atoms with Crippen molar-refractivity contribution in [2.45, 2.75) is 26.3 Å². The SMILES string of the molecule is CCOc1ccc(CN2CCN(C(=O)CCc3ccsc3)CC2)cc1. The molecular weight excluding hydrogens is 332 g/mol. The highest BCUT2D eigenvalue weighted by Crippen LogP contribution is 2.15. The van der Waals surface area contributed by atoms with Crippen LogP contribution in [0.25, 0.3) is 0 Å². The van der Waals surface area contributed by atoms with E-state index >= 15 is 0 Å². The first kappa shape index (κ1) is 18.0. The summed E-state index contributed by atoms with van der Waals surface area (Å²) in [6.45, 7) is 7.17. The molecule has 2 aromatic rings. The Morgan fingerprint density at radius 2 is 1.84 bits per heavy atom. The standard InChI is InChI=1S/C20H26N2O2S/c1-2-24-19-6-3-17(4-7-19)15-21-10-12-22(13-11-21)20(23)8-5-18-9-14-25-16-18/h3-4,6-7,9,14,16H,2,5,8,10-13,15H2,1H3. The van der Waals surface area contributed by atoms with E-state index in [1.165, 1.54) is 11.1 Å². The van der Waals surface area contributed by atoms with Crippen LogP contribution in [0, 0.1) is 0 Å². The van der Waals surface area contributed by atoms with E-state index in [2.05, 4.69) is 33.9 Å². The normalized spacial score (nSPS) is 15.3. The third-order valence-electron chi connectivity index (χ3n) is 4.57. The van der Waals surface area contributed by atoms with Gasteiger partial charge in [-0.15, -0.1) is 0 Å². The number of piperazine rings is 1. The molecule has 1 aromatic heterocycles. The van der Waals surface area contributed by atoms with Crippen LogP contribution in [0.3, 0.4) is 0 Å². The zero-order chi connectivity index (χ0) is 17.5. The lowest BCUT2D eigenvalue weighted by Crippen LogP contribution is -2.48. The molecule has 1 aromatic carbocycles. The highest BCUT2D eigenvalue weighted by Gasteiger charge is 2.20. The van der Waals surface area contributed by atoms with Gasteiger partial charge in [0.1, 0.15) is 5.75 Å². The lowest BCUT2D eigenvalue weighted by molar-refractivity contribution is -0.133. The van der Waals surface area contributed by atoms with E-state index in [4.69, 9.17) is 4.74 Å². The average molecular weight is 359 g/mol. The smallest absolute Gasteiger partial charge is 0.222 e. The van der Waals surface area contributed by atoms with Crippen LogP contribution >= 0.6 is 11.3 Å². The summed E-state index contributed by atoms with van der Waals surface area (Å²) in [6, 6.07) is 10.4. The number of carbonyl (C=O) groups is 1. The van der Waals surface area contributed by atoms with Gasteiger partial charge in [-0.2, -0.15) is 11.3 Å². The Hall–Kier alpha value is -1.85. The molecule has 1 aliphatic heterocycles. The maximum absolute atomic E-state index is 12.4. The van der Waals surface area contributed by atoms with E-state index in [9.17, 15) is 4.79 Å². The van der Waals surface area contributed by atoms with Crippen molar-refractivity contribution in [3.63, 3.8) is 0 Å². The van der Waals surface area contributed by atoms with Crippen LogP contribution in [0.15, 0.2) is 41.1 Å². The number of carbonyl (C=O) groups excluding carboxylic acids is 1. The highest BCUT2D eigenvalue weighted by atomic mass is 32.1. The molecule has 0 unspecified atom stereocenters. The Kier molecular flexibility index (Phi) is 6.48. The van der Waals surface area contributed by atoms with Crippen molar-refractivity contribution in [2.75, 3.05) is 32.8 Å². The van der Waals surface area contributed by atoms with Crippen LogP contribution in [0.2, 0.25) is 0 Å². The molecule has 0 bridgehead atoms. The van der Waals surface area contributed by atoms with Crippen LogP contribution in [-0.4, -0.2) is 48.5 Å². The predicted octanol–water partition coefficient (Wildman–Crippen LogP) is 3.42. The molecule has 134 valence electrons. The Morgan fingerprint density at radius 3 is 2.48 bits per heavy atom. The van der Waals surface area contributed by atoms with Gasteiger partial charge in [0.25, 0.3) is 0 Å². The van der Waals surface area contributed by atoms with Gasteiger partial charge < -0.3 is 9.64 Å². The molecular formula is C20H26N2O2S. The van der Waals surface area contributed by atoms with Crippen LogP contribution in [-0.2, 0) is 17.8 Å². The van der Waals surface area contributed by atoms with Gasteiger partial charge in [0, 0.05) is 39.1 Å². The number of rotatable bonds is 7. The van der Waals surface area contributed by atoms with Crippen molar-refractivity contribution < 1.29 is 9.53 Å².